The number of benzene rings is 6. The summed E-state index contributed by atoms with van der Waals surface area (Å²) < 4.78 is 0. The van der Waals surface area contributed by atoms with E-state index in [1.165, 1.54) is 43.4 Å². The highest BCUT2D eigenvalue weighted by Crippen LogP contribution is 2.51. The van der Waals surface area contributed by atoms with Gasteiger partial charge in [0.05, 0.1) is 5.69 Å². The van der Waals surface area contributed by atoms with Crippen LogP contribution in [-0.4, -0.2) is 15.0 Å². The van der Waals surface area contributed by atoms with Gasteiger partial charge in [0, 0.05) is 27.0 Å². The molecule has 214 valence electrons. The van der Waals surface area contributed by atoms with Gasteiger partial charge in [-0.05, 0) is 63.9 Å². The van der Waals surface area contributed by atoms with Crippen LogP contribution in [-0.2, 0) is 6.42 Å². The normalized spacial score (nSPS) is 15.2. The quantitative estimate of drug-likeness (QED) is 0.205. The van der Waals surface area contributed by atoms with Gasteiger partial charge in [0.2, 0.25) is 0 Å². The van der Waals surface area contributed by atoms with Crippen LogP contribution in [0.2, 0.25) is 0 Å². The molecule has 0 fully saturated rings. The van der Waals surface area contributed by atoms with Crippen LogP contribution in [0.1, 0.15) is 28.5 Å². The van der Waals surface area contributed by atoms with Gasteiger partial charge in [-0.3, -0.25) is 0 Å². The molecule has 4 nitrogen and oxygen atoms in total. The van der Waals surface area contributed by atoms with E-state index in [1.54, 1.807) is 0 Å². The third kappa shape index (κ3) is 4.68. The molecule has 1 atom stereocenters. The fourth-order valence-corrected chi connectivity index (χ4v) is 7.64. The molecule has 1 unspecified atom stereocenters. The summed E-state index contributed by atoms with van der Waals surface area (Å²) in [7, 11) is 0. The Bertz CT molecular complexity index is 2220. The molecule has 2 heterocycles. The fourth-order valence-electron chi connectivity index (χ4n) is 6.50. The number of allylic oxidation sites excluding steroid dienone is 1. The number of anilines is 1. The lowest BCUT2D eigenvalue weighted by molar-refractivity contribution is 0.979. The monoisotopic (exact) mass is 596 g/mol. The molecule has 6 aromatic carbocycles. The Morgan fingerprint density at radius 1 is 0.622 bits per heavy atom. The van der Waals surface area contributed by atoms with Crippen LogP contribution in [0, 0.1) is 0 Å². The summed E-state index contributed by atoms with van der Waals surface area (Å²) in [4.78, 5) is 16.1. The van der Waals surface area contributed by atoms with Crippen molar-refractivity contribution in [2.75, 3.05) is 5.32 Å². The lowest BCUT2D eigenvalue weighted by atomic mass is 9.95. The molecule has 7 aromatic rings. The number of nitrogens with one attached hydrogen (secondary N) is 1. The van der Waals surface area contributed by atoms with Crippen molar-refractivity contribution in [1.29, 1.82) is 0 Å². The lowest BCUT2D eigenvalue weighted by Crippen LogP contribution is -2.03. The Morgan fingerprint density at radius 2 is 1.31 bits per heavy atom. The first-order valence-corrected chi connectivity index (χ1v) is 16.2. The number of thioether (sulfide) groups is 1. The summed E-state index contributed by atoms with van der Waals surface area (Å²) in [5.74, 6) is 2.00. The van der Waals surface area contributed by atoms with Crippen LogP contribution in [0.5, 0.6) is 0 Å². The Kier molecular flexibility index (Phi) is 6.23. The van der Waals surface area contributed by atoms with Crippen molar-refractivity contribution in [3.8, 4) is 34.2 Å². The number of hydrogen-bond acceptors (Lipinski definition) is 5. The molecule has 0 amide bonds. The Hall–Kier alpha value is -5.26. The average Bonchev–Trinajstić information content (AvgIpc) is 3.56. The highest BCUT2D eigenvalue weighted by molar-refractivity contribution is 8.00. The average molecular weight is 597 g/mol. The van der Waals surface area contributed by atoms with Gasteiger partial charge in [-0.15, -0.1) is 0 Å². The van der Waals surface area contributed by atoms with E-state index >= 15 is 0 Å². The number of aromatic nitrogens is 3. The number of aryl methyl sites for hydroxylation is 1. The van der Waals surface area contributed by atoms with Gasteiger partial charge in [0.15, 0.2) is 17.5 Å². The molecule has 2 aliphatic rings. The Balaban J connectivity index is 1.14. The SMILES string of the molecule is C1=Cc2cc(C3Nc4c(ccc5ccc6cc(-c7nc(-c8ccccc8)nc(-c8ccccc8)n7)ccc6c45)S3)ccc2CC1. The van der Waals surface area contributed by atoms with E-state index in [0.717, 1.165) is 34.9 Å². The molecular weight excluding hydrogens is 569 g/mol. The molecule has 1 N–H and O–H groups in total. The predicted octanol–water partition coefficient (Wildman–Crippen LogP) is 10.4. The van der Waals surface area contributed by atoms with Crippen molar-refractivity contribution in [2.45, 2.75) is 23.1 Å². The molecule has 1 aromatic heterocycles. The second-order valence-corrected chi connectivity index (χ2v) is 12.8. The molecular formula is C40H28N4S. The number of nitrogens with zero attached hydrogens (tertiary/aromatic N) is 3. The second kappa shape index (κ2) is 10.7. The molecule has 0 saturated carbocycles. The zero-order chi connectivity index (χ0) is 29.7. The first kappa shape index (κ1) is 26.2. The summed E-state index contributed by atoms with van der Waals surface area (Å²) in [6, 6.07) is 42.7. The van der Waals surface area contributed by atoms with Crippen molar-refractivity contribution >= 4 is 45.1 Å². The van der Waals surface area contributed by atoms with Crippen molar-refractivity contribution in [3.05, 3.63) is 144 Å². The van der Waals surface area contributed by atoms with Crippen LogP contribution in [0.4, 0.5) is 5.69 Å². The van der Waals surface area contributed by atoms with E-state index in [1.807, 2.05) is 72.4 Å². The number of fused-ring (bicyclic) bond motifs is 6. The minimum absolute atomic E-state index is 0.179. The predicted molar refractivity (Wildman–Crippen MR) is 187 cm³/mol. The zero-order valence-electron chi connectivity index (χ0n) is 24.4. The van der Waals surface area contributed by atoms with E-state index < -0.39 is 0 Å². The van der Waals surface area contributed by atoms with Crippen LogP contribution in [0.25, 0.3) is 61.8 Å². The van der Waals surface area contributed by atoms with Gasteiger partial charge in [0.1, 0.15) is 5.37 Å². The van der Waals surface area contributed by atoms with E-state index in [2.05, 4.69) is 78.1 Å². The van der Waals surface area contributed by atoms with Gasteiger partial charge in [-0.25, -0.2) is 15.0 Å². The van der Waals surface area contributed by atoms with E-state index in [4.69, 9.17) is 15.0 Å². The molecule has 9 rings (SSSR count). The zero-order valence-corrected chi connectivity index (χ0v) is 25.3. The van der Waals surface area contributed by atoms with Gasteiger partial charge < -0.3 is 5.32 Å². The molecule has 1 aliphatic carbocycles. The van der Waals surface area contributed by atoms with Crippen LogP contribution in [0.3, 0.4) is 0 Å². The smallest absolute Gasteiger partial charge is 0.164 e. The number of rotatable bonds is 4. The highest BCUT2D eigenvalue weighted by Gasteiger charge is 2.26. The van der Waals surface area contributed by atoms with Crippen LogP contribution < -0.4 is 5.32 Å². The molecule has 1 aliphatic heterocycles. The summed E-state index contributed by atoms with van der Waals surface area (Å²) in [5, 5.41) is 8.94. The van der Waals surface area contributed by atoms with Gasteiger partial charge >= 0.3 is 0 Å². The number of hydrogen-bond donors (Lipinski definition) is 1. The largest absolute Gasteiger partial charge is 0.368 e. The second-order valence-electron chi connectivity index (χ2n) is 11.6. The lowest BCUT2D eigenvalue weighted by Gasteiger charge is -2.16. The van der Waals surface area contributed by atoms with E-state index in [0.29, 0.717) is 17.5 Å². The van der Waals surface area contributed by atoms with Crippen LogP contribution >= 0.6 is 11.8 Å². The van der Waals surface area contributed by atoms with E-state index in [9.17, 15) is 0 Å². The highest BCUT2D eigenvalue weighted by atomic mass is 32.2. The van der Waals surface area contributed by atoms with Crippen molar-refractivity contribution in [3.63, 3.8) is 0 Å². The molecule has 0 saturated heterocycles. The Morgan fingerprint density at radius 3 is 2.07 bits per heavy atom. The minimum Gasteiger partial charge on any atom is -0.368 e. The minimum atomic E-state index is 0.179. The molecule has 0 bridgehead atoms. The third-order valence-corrected chi connectivity index (χ3v) is 10.0. The fraction of sp³-hybridized carbons (Fsp3) is 0.0750. The summed E-state index contributed by atoms with van der Waals surface area (Å²) in [5.41, 5.74) is 8.22. The van der Waals surface area contributed by atoms with Crippen molar-refractivity contribution in [1.82, 2.24) is 15.0 Å². The van der Waals surface area contributed by atoms with Gasteiger partial charge in [-0.2, -0.15) is 0 Å². The maximum Gasteiger partial charge on any atom is 0.164 e. The molecule has 0 spiro atoms. The summed E-state index contributed by atoms with van der Waals surface area (Å²) >= 11 is 1.90. The van der Waals surface area contributed by atoms with Crippen LogP contribution in [0.15, 0.2) is 132 Å². The topological polar surface area (TPSA) is 50.7 Å². The first-order valence-electron chi connectivity index (χ1n) is 15.4. The van der Waals surface area contributed by atoms with Gasteiger partial charge in [-0.1, -0.05) is 127 Å². The summed E-state index contributed by atoms with van der Waals surface area (Å²) in [6.45, 7) is 0. The molecule has 5 heteroatoms. The maximum atomic E-state index is 4.96. The van der Waals surface area contributed by atoms with Gasteiger partial charge in [0.25, 0.3) is 0 Å². The third-order valence-electron chi connectivity index (χ3n) is 8.79. The van der Waals surface area contributed by atoms with Crippen molar-refractivity contribution < 1.29 is 0 Å². The first-order chi connectivity index (χ1) is 22.3. The van der Waals surface area contributed by atoms with Crippen molar-refractivity contribution in [2.24, 2.45) is 0 Å². The van der Waals surface area contributed by atoms with E-state index in [-0.39, 0.29) is 5.37 Å². The standard InChI is InChI=1S/C40H28N4S/c1-3-10-27(11-4-1)37-42-38(28-12-5-2-6-13-28)44-39(43-37)31-19-21-33-30(24-31)17-16-26-20-22-34-36(35(26)33)41-40(45-34)32-18-15-25-9-7-8-14-29(25)23-32/h1-6,8,10-24,40-41H,7,9H2. The molecule has 45 heavy (non-hydrogen) atoms. The Labute approximate surface area is 265 Å². The molecule has 0 radical (unpaired) electrons. The summed E-state index contributed by atoms with van der Waals surface area (Å²) in [6.07, 6.45) is 6.81. The maximum absolute atomic E-state index is 4.96.